The molecule has 154 valence electrons. The lowest BCUT2D eigenvalue weighted by molar-refractivity contribution is -0.123. The number of hydrogen-bond donors (Lipinski definition) is 1. The van der Waals surface area contributed by atoms with Crippen molar-refractivity contribution in [3.63, 3.8) is 0 Å². The van der Waals surface area contributed by atoms with Crippen LogP contribution < -0.4 is 5.32 Å². The molecule has 2 aromatic carbocycles. The normalized spacial score (nSPS) is 14.2. The van der Waals surface area contributed by atoms with Crippen molar-refractivity contribution >= 4 is 17.6 Å². The zero-order valence-corrected chi connectivity index (χ0v) is 16.1. The van der Waals surface area contributed by atoms with Crippen LogP contribution in [0.2, 0.25) is 0 Å². The smallest absolute Gasteiger partial charge is 0.357 e. The Morgan fingerprint density at radius 3 is 2.50 bits per heavy atom. The molecule has 4 rings (SSSR count). The topological polar surface area (TPSA) is 73.2 Å². The Morgan fingerprint density at radius 1 is 1.10 bits per heavy atom. The van der Waals surface area contributed by atoms with Gasteiger partial charge < -0.3 is 10.1 Å². The van der Waals surface area contributed by atoms with Crippen molar-refractivity contribution in [3.8, 4) is 5.69 Å². The third-order valence-corrected chi connectivity index (χ3v) is 4.77. The molecule has 0 radical (unpaired) electrons. The van der Waals surface area contributed by atoms with Gasteiger partial charge in [-0.05, 0) is 50.1 Å². The van der Waals surface area contributed by atoms with Crippen LogP contribution in [0.25, 0.3) is 5.69 Å². The van der Waals surface area contributed by atoms with Crippen molar-refractivity contribution in [2.24, 2.45) is 0 Å². The van der Waals surface area contributed by atoms with Crippen LogP contribution in [0.15, 0.2) is 54.6 Å². The molecule has 0 spiro atoms. The summed E-state index contributed by atoms with van der Waals surface area (Å²) in [6.45, 7) is 1.40. The van der Waals surface area contributed by atoms with E-state index in [4.69, 9.17) is 4.74 Å². The summed E-state index contributed by atoms with van der Waals surface area (Å²) in [6.07, 6.45) is 0.884. The van der Waals surface area contributed by atoms with E-state index >= 15 is 0 Å². The number of nitrogens with one attached hydrogen (secondary N) is 1. The molecule has 8 heteroatoms. The Balaban J connectivity index is 1.50. The number of anilines is 1. The van der Waals surface area contributed by atoms with Gasteiger partial charge in [0.25, 0.3) is 5.91 Å². The summed E-state index contributed by atoms with van der Waals surface area (Å²) in [7, 11) is 0. The van der Waals surface area contributed by atoms with Crippen LogP contribution in [0.1, 0.15) is 41.9 Å². The van der Waals surface area contributed by atoms with E-state index < -0.39 is 29.6 Å². The number of halogens is 2. The minimum atomic E-state index is -1.16. The first kappa shape index (κ1) is 19.8. The van der Waals surface area contributed by atoms with Crippen molar-refractivity contribution in [3.05, 3.63) is 77.6 Å². The Bertz CT molecular complexity index is 1090. The van der Waals surface area contributed by atoms with Gasteiger partial charge in [0.05, 0.1) is 11.4 Å². The van der Waals surface area contributed by atoms with Gasteiger partial charge in [0.1, 0.15) is 0 Å². The summed E-state index contributed by atoms with van der Waals surface area (Å²) < 4.78 is 33.2. The first-order valence-corrected chi connectivity index (χ1v) is 9.54. The van der Waals surface area contributed by atoms with Gasteiger partial charge in [-0.15, -0.1) is 0 Å². The van der Waals surface area contributed by atoms with Gasteiger partial charge in [-0.3, -0.25) is 4.79 Å². The second-order valence-electron chi connectivity index (χ2n) is 7.14. The maximum atomic E-state index is 13.3. The van der Waals surface area contributed by atoms with Crippen LogP contribution in [0.4, 0.5) is 14.5 Å². The molecule has 30 heavy (non-hydrogen) atoms. The first-order valence-electron chi connectivity index (χ1n) is 9.54. The van der Waals surface area contributed by atoms with Crippen molar-refractivity contribution in [2.75, 3.05) is 5.32 Å². The lowest BCUT2D eigenvalue weighted by atomic mass is 10.2. The van der Waals surface area contributed by atoms with Gasteiger partial charge in [-0.1, -0.05) is 18.2 Å². The molecule has 1 amide bonds. The molecule has 1 aliphatic rings. The fourth-order valence-corrected chi connectivity index (χ4v) is 2.98. The number of rotatable bonds is 6. The van der Waals surface area contributed by atoms with Crippen LogP contribution in [0, 0.1) is 11.6 Å². The summed E-state index contributed by atoms with van der Waals surface area (Å²) in [4.78, 5) is 25.1. The summed E-state index contributed by atoms with van der Waals surface area (Å²) in [5, 5.41) is 6.94. The van der Waals surface area contributed by atoms with E-state index in [9.17, 15) is 18.4 Å². The molecule has 0 unspecified atom stereocenters. The maximum absolute atomic E-state index is 13.3. The second kappa shape index (κ2) is 8.06. The first-order chi connectivity index (χ1) is 14.4. The molecule has 1 heterocycles. The number of hydrogen-bond acceptors (Lipinski definition) is 4. The summed E-state index contributed by atoms with van der Waals surface area (Å²) in [5.74, 6) is -3.14. The lowest BCUT2D eigenvalue weighted by Crippen LogP contribution is -2.30. The summed E-state index contributed by atoms with van der Waals surface area (Å²) in [5.41, 5.74) is 1.79. The maximum Gasteiger partial charge on any atom is 0.357 e. The zero-order valence-electron chi connectivity index (χ0n) is 16.1. The molecule has 1 saturated carbocycles. The highest BCUT2D eigenvalue weighted by Gasteiger charge is 2.30. The van der Waals surface area contributed by atoms with E-state index in [-0.39, 0.29) is 11.4 Å². The Labute approximate surface area is 171 Å². The number of aromatic nitrogens is 2. The van der Waals surface area contributed by atoms with E-state index in [2.05, 4.69) is 10.4 Å². The summed E-state index contributed by atoms with van der Waals surface area (Å²) in [6, 6.07) is 13.8. The van der Waals surface area contributed by atoms with Crippen LogP contribution in [-0.2, 0) is 9.53 Å². The number of ether oxygens (including phenoxy) is 1. The van der Waals surface area contributed by atoms with E-state index in [0.717, 1.165) is 30.7 Å². The molecule has 1 N–H and O–H groups in total. The number of para-hydroxylation sites is 1. The third-order valence-electron chi connectivity index (χ3n) is 4.77. The highest BCUT2D eigenvalue weighted by molar-refractivity contribution is 5.97. The number of esters is 1. The molecule has 3 aromatic rings. The van der Waals surface area contributed by atoms with Gasteiger partial charge in [0.15, 0.2) is 23.4 Å². The SMILES string of the molecule is C[C@H](OC(=O)c1cc(C2CC2)nn1-c1ccccc1)C(=O)Nc1ccc(F)c(F)c1. The van der Waals surface area contributed by atoms with Gasteiger partial charge in [-0.2, -0.15) is 5.10 Å². The monoisotopic (exact) mass is 411 g/mol. The number of amides is 1. The molecule has 0 saturated heterocycles. The number of carbonyl (C=O) groups is 2. The highest BCUT2D eigenvalue weighted by Crippen LogP contribution is 2.39. The molecular weight excluding hydrogens is 392 g/mol. The van der Waals surface area contributed by atoms with Crippen molar-refractivity contribution in [1.29, 1.82) is 0 Å². The average molecular weight is 411 g/mol. The minimum absolute atomic E-state index is 0.0622. The van der Waals surface area contributed by atoms with Crippen LogP contribution in [-0.4, -0.2) is 27.8 Å². The van der Waals surface area contributed by atoms with Gasteiger partial charge in [0.2, 0.25) is 0 Å². The molecule has 1 aromatic heterocycles. The fourth-order valence-electron chi connectivity index (χ4n) is 2.98. The minimum Gasteiger partial charge on any atom is -0.448 e. The van der Waals surface area contributed by atoms with E-state index in [1.54, 1.807) is 6.07 Å². The quantitative estimate of drug-likeness (QED) is 0.617. The molecule has 0 aliphatic heterocycles. The van der Waals surface area contributed by atoms with E-state index in [1.807, 2.05) is 30.3 Å². The highest BCUT2D eigenvalue weighted by atomic mass is 19.2. The van der Waals surface area contributed by atoms with Crippen LogP contribution >= 0.6 is 0 Å². The van der Waals surface area contributed by atoms with E-state index in [0.29, 0.717) is 11.6 Å². The van der Waals surface area contributed by atoms with Crippen molar-refractivity contribution in [1.82, 2.24) is 9.78 Å². The molecule has 1 fully saturated rings. The Kier molecular flexibility index (Phi) is 5.31. The average Bonchev–Trinajstić information content (AvgIpc) is 3.49. The molecular formula is C22H19F2N3O3. The van der Waals surface area contributed by atoms with Crippen LogP contribution in [0.5, 0.6) is 0 Å². The second-order valence-corrected chi connectivity index (χ2v) is 7.14. The standard InChI is InChI=1S/C22H19F2N3O3/c1-13(21(28)25-15-9-10-17(23)18(24)11-15)30-22(29)20-12-19(14-7-8-14)26-27(20)16-5-3-2-4-6-16/h2-6,9-14H,7-8H2,1H3,(H,25,28)/t13-/m0/s1. The summed E-state index contributed by atoms with van der Waals surface area (Å²) >= 11 is 0. The van der Waals surface area contributed by atoms with Gasteiger partial charge in [0, 0.05) is 17.7 Å². The predicted molar refractivity (Wildman–Crippen MR) is 105 cm³/mol. The predicted octanol–water partition coefficient (Wildman–Crippen LogP) is 4.21. The molecule has 1 aliphatic carbocycles. The Hall–Kier alpha value is -3.55. The van der Waals surface area contributed by atoms with Gasteiger partial charge in [-0.25, -0.2) is 18.3 Å². The molecule has 6 nitrogen and oxygen atoms in total. The van der Waals surface area contributed by atoms with E-state index in [1.165, 1.54) is 17.7 Å². The molecule has 0 bridgehead atoms. The van der Waals surface area contributed by atoms with Crippen molar-refractivity contribution < 1.29 is 23.1 Å². The van der Waals surface area contributed by atoms with Crippen molar-refractivity contribution in [2.45, 2.75) is 31.8 Å². The van der Waals surface area contributed by atoms with Crippen LogP contribution in [0.3, 0.4) is 0 Å². The fraction of sp³-hybridized carbons (Fsp3) is 0.227. The lowest BCUT2D eigenvalue weighted by Gasteiger charge is -2.14. The van der Waals surface area contributed by atoms with Gasteiger partial charge >= 0.3 is 5.97 Å². The number of nitrogens with zero attached hydrogens (tertiary/aromatic N) is 2. The zero-order chi connectivity index (χ0) is 21.3. The number of carbonyl (C=O) groups excluding carboxylic acids is 2. The molecule has 1 atom stereocenters. The third kappa shape index (κ3) is 4.22. The number of benzene rings is 2. The Morgan fingerprint density at radius 2 is 1.83 bits per heavy atom. The largest absolute Gasteiger partial charge is 0.448 e.